The summed E-state index contributed by atoms with van der Waals surface area (Å²) >= 11 is 6.01. The van der Waals surface area contributed by atoms with Gasteiger partial charge < -0.3 is 15.8 Å². The van der Waals surface area contributed by atoms with E-state index in [2.05, 4.69) is 41.2 Å². The molecule has 0 aromatic heterocycles. The molecule has 2 unspecified atom stereocenters. The van der Waals surface area contributed by atoms with E-state index in [4.69, 9.17) is 22.1 Å². The fraction of sp³-hybridized carbons (Fsp3) is 0.588. The van der Waals surface area contributed by atoms with Crippen LogP contribution < -0.4 is 11.1 Å². The van der Waals surface area contributed by atoms with E-state index in [9.17, 15) is 0 Å². The van der Waals surface area contributed by atoms with Crippen LogP contribution in [-0.4, -0.2) is 49.7 Å². The standard InChI is InChI=1S/C17H27ClN4O.HI/c1-3-13(2)21-17(19)20-12-16(22-8-10-23-11-9-22)14-4-6-15(18)7-5-14;/h4-7,13,16H,3,8-12H2,1-2H3,(H3,19,20,21);1H. The van der Waals surface area contributed by atoms with Crippen LogP contribution in [0.15, 0.2) is 29.3 Å². The van der Waals surface area contributed by atoms with Crippen molar-refractivity contribution < 1.29 is 4.74 Å². The van der Waals surface area contributed by atoms with Crippen LogP contribution in [0.1, 0.15) is 31.9 Å². The maximum Gasteiger partial charge on any atom is 0.188 e. The van der Waals surface area contributed by atoms with Crippen molar-refractivity contribution in [3.63, 3.8) is 0 Å². The van der Waals surface area contributed by atoms with Gasteiger partial charge in [-0.15, -0.1) is 24.0 Å². The van der Waals surface area contributed by atoms with Gasteiger partial charge in [0.15, 0.2) is 5.96 Å². The van der Waals surface area contributed by atoms with Crippen molar-refractivity contribution in [2.75, 3.05) is 32.8 Å². The number of morpholine rings is 1. The van der Waals surface area contributed by atoms with Gasteiger partial charge in [-0.25, -0.2) is 0 Å². The third-order valence-corrected chi connectivity index (χ3v) is 4.43. The first-order chi connectivity index (χ1) is 11.1. The Labute approximate surface area is 167 Å². The lowest BCUT2D eigenvalue weighted by Gasteiger charge is -2.34. The molecular weight excluding hydrogens is 439 g/mol. The minimum atomic E-state index is 0. The summed E-state index contributed by atoms with van der Waals surface area (Å²) in [6.07, 6.45) is 1.01. The third kappa shape index (κ3) is 6.74. The van der Waals surface area contributed by atoms with Gasteiger partial charge >= 0.3 is 0 Å². The smallest absolute Gasteiger partial charge is 0.188 e. The normalized spacial score (nSPS) is 18.5. The van der Waals surface area contributed by atoms with Gasteiger partial charge in [0, 0.05) is 24.2 Å². The number of ether oxygens (including phenoxy) is 1. The van der Waals surface area contributed by atoms with E-state index >= 15 is 0 Å². The topological polar surface area (TPSA) is 62.9 Å². The Bertz CT molecular complexity index is 506. The molecule has 7 heteroatoms. The number of hydrogen-bond acceptors (Lipinski definition) is 3. The predicted octanol–water partition coefficient (Wildman–Crippen LogP) is 3.03. The average molecular weight is 467 g/mol. The molecule has 2 rings (SSSR count). The van der Waals surface area contributed by atoms with Gasteiger partial charge in [-0.3, -0.25) is 9.89 Å². The van der Waals surface area contributed by atoms with Gasteiger partial charge in [0.05, 0.1) is 25.8 Å². The van der Waals surface area contributed by atoms with Crippen LogP contribution in [0.25, 0.3) is 0 Å². The van der Waals surface area contributed by atoms with Crippen LogP contribution in [0.3, 0.4) is 0 Å². The average Bonchev–Trinajstić information content (AvgIpc) is 2.57. The Hall–Kier alpha value is -0.570. The number of aliphatic imine (C=N–C) groups is 1. The quantitative estimate of drug-likeness (QED) is 0.384. The molecule has 0 radical (unpaired) electrons. The Kier molecular flexibility index (Phi) is 9.95. The van der Waals surface area contributed by atoms with Gasteiger partial charge in [0.2, 0.25) is 0 Å². The molecule has 0 spiro atoms. The van der Waals surface area contributed by atoms with Crippen LogP contribution >= 0.6 is 35.6 Å². The number of nitrogens with one attached hydrogen (secondary N) is 1. The maximum absolute atomic E-state index is 6.01. The fourth-order valence-electron chi connectivity index (χ4n) is 2.59. The zero-order valence-electron chi connectivity index (χ0n) is 14.4. The molecule has 1 saturated heterocycles. The summed E-state index contributed by atoms with van der Waals surface area (Å²) in [6.45, 7) is 8.17. The fourth-order valence-corrected chi connectivity index (χ4v) is 2.72. The first-order valence-electron chi connectivity index (χ1n) is 8.24. The van der Waals surface area contributed by atoms with Crippen LogP contribution in [-0.2, 0) is 4.74 Å². The first kappa shape index (κ1) is 21.5. The highest BCUT2D eigenvalue weighted by atomic mass is 127. The minimum absolute atomic E-state index is 0. The molecule has 136 valence electrons. The number of hydrogen-bond donors (Lipinski definition) is 2. The second kappa shape index (κ2) is 11.1. The molecule has 3 N–H and O–H groups in total. The van der Waals surface area contributed by atoms with Crippen molar-refractivity contribution in [3.8, 4) is 0 Å². The molecule has 0 bridgehead atoms. The van der Waals surface area contributed by atoms with Gasteiger partial charge in [-0.2, -0.15) is 0 Å². The van der Waals surface area contributed by atoms with E-state index in [0.717, 1.165) is 37.7 Å². The second-order valence-electron chi connectivity index (χ2n) is 5.90. The molecule has 1 fully saturated rings. The van der Waals surface area contributed by atoms with Gasteiger partial charge in [0.25, 0.3) is 0 Å². The third-order valence-electron chi connectivity index (χ3n) is 4.18. The van der Waals surface area contributed by atoms with Crippen molar-refractivity contribution in [2.24, 2.45) is 10.7 Å². The molecule has 1 heterocycles. The molecular formula is C17H28ClIN4O. The molecule has 0 saturated carbocycles. The molecule has 1 aliphatic heterocycles. The zero-order chi connectivity index (χ0) is 16.7. The van der Waals surface area contributed by atoms with E-state index < -0.39 is 0 Å². The molecule has 1 aromatic carbocycles. The van der Waals surface area contributed by atoms with Crippen molar-refractivity contribution in [2.45, 2.75) is 32.4 Å². The molecule has 0 amide bonds. The highest BCUT2D eigenvalue weighted by Gasteiger charge is 2.22. The maximum atomic E-state index is 6.01. The van der Waals surface area contributed by atoms with Gasteiger partial charge in [-0.1, -0.05) is 30.7 Å². The lowest BCUT2D eigenvalue weighted by Crippen LogP contribution is -2.42. The van der Waals surface area contributed by atoms with E-state index in [-0.39, 0.29) is 30.0 Å². The van der Waals surface area contributed by atoms with Gasteiger partial charge in [-0.05, 0) is 31.0 Å². The van der Waals surface area contributed by atoms with E-state index in [1.165, 1.54) is 5.56 Å². The summed E-state index contributed by atoms with van der Waals surface area (Å²) in [4.78, 5) is 6.95. The zero-order valence-corrected chi connectivity index (χ0v) is 17.5. The van der Waals surface area contributed by atoms with Crippen molar-refractivity contribution >= 4 is 41.5 Å². The predicted molar refractivity (Wildman–Crippen MR) is 111 cm³/mol. The summed E-state index contributed by atoms with van der Waals surface area (Å²) in [5.41, 5.74) is 7.21. The highest BCUT2D eigenvalue weighted by molar-refractivity contribution is 14.0. The Morgan fingerprint density at radius 3 is 2.54 bits per heavy atom. The highest BCUT2D eigenvalue weighted by Crippen LogP contribution is 2.23. The molecule has 1 aromatic rings. The number of nitrogens with zero attached hydrogens (tertiary/aromatic N) is 2. The van der Waals surface area contributed by atoms with Crippen LogP contribution in [0, 0.1) is 0 Å². The molecule has 2 atom stereocenters. The minimum Gasteiger partial charge on any atom is -0.379 e. The molecule has 24 heavy (non-hydrogen) atoms. The Balaban J connectivity index is 0.00000288. The lowest BCUT2D eigenvalue weighted by atomic mass is 10.0. The number of halogens is 2. The van der Waals surface area contributed by atoms with Crippen molar-refractivity contribution in [1.29, 1.82) is 0 Å². The summed E-state index contributed by atoms with van der Waals surface area (Å²) < 4.78 is 5.46. The van der Waals surface area contributed by atoms with Crippen LogP contribution in [0.4, 0.5) is 0 Å². The van der Waals surface area contributed by atoms with Crippen molar-refractivity contribution in [3.05, 3.63) is 34.9 Å². The van der Waals surface area contributed by atoms with Crippen LogP contribution in [0.5, 0.6) is 0 Å². The summed E-state index contributed by atoms with van der Waals surface area (Å²) in [5.74, 6) is 0.506. The first-order valence-corrected chi connectivity index (χ1v) is 8.61. The molecule has 1 aliphatic rings. The molecule has 0 aliphatic carbocycles. The monoisotopic (exact) mass is 466 g/mol. The van der Waals surface area contributed by atoms with E-state index in [1.54, 1.807) is 0 Å². The lowest BCUT2D eigenvalue weighted by molar-refractivity contribution is 0.0180. The summed E-state index contributed by atoms with van der Waals surface area (Å²) in [5, 5.41) is 3.96. The number of benzene rings is 1. The SMILES string of the molecule is CCC(C)NC(N)=NCC(c1ccc(Cl)cc1)N1CCOCC1.I. The summed E-state index contributed by atoms with van der Waals surface area (Å²) in [7, 11) is 0. The van der Waals surface area contributed by atoms with E-state index in [0.29, 0.717) is 18.5 Å². The number of rotatable bonds is 6. The summed E-state index contributed by atoms with van der Waals surface area (Å²) in [6, 6.07) is 8.50. The van der Waals surface area contributed by atoms with Gasteiger partial charge in [0.1, 0.15) is 0 Å². The van der Waals surface area contributed by atoms with Crippen LogP contribution in [0.2, 0.25) is 5.02 Å². The van der Waals surface area contributed by atoms with E-state index in [1.807, 2.05) is 12.1 Å². The Morgan fingerprint density at radius 1 is 1.33 bits per heavy atom. The number of nitrogens with two attached hydrogens (primary N) is 1. The largest absolute Gasteiger partial charge is 0.379 e. The second-order valence-corrected chi connectivity index (χ2v) is 6.33. The number of guanidine groups is 1. The Morgan fingerprint density at radius 2 is 1.96 bits per heavy atom. The van der Waals surface area contributed by atoms with Crippen molar-refractivity contribution in [1.82, 2.24) is 10.2 Å². The molecule has 5 nitrogen and oxygen atoms in total.